The third-order valence-electron chi connectivity index (χ3n) is 2.19. The summed E-state index contributed by atoms with van der Waals surface area (Å²) in [5, 5.41) is 0. The van der Waals surface area contributed by atoms with E-state index in [4.69, 9.17) is 0 Å². The summed E-state index contributed by atoms with van der Waals surface area (Å²) in [5.74, 6) is 0. The number of rotatable bonds is 1. The molecule has 0 heterocycles. The molecule has 0 spiro atoms. The van der Waals surface area contributed by atoms with Crippen molar-refractivity contribution in [3.8, 4) is 0 Å². The SMILES string of the molecule is Cc1cc(S(=O)(=O)[O-])cc(C)c1C.[Na+]. The van der Waals surface area contributed by atoms with E-state index < -0.39 is 10.1 Å². The molecule has 0 unspecified atom stereocenters. The minimum absolute atomic E-state index is 0. The zero-order valence-corrected chi connectivity index (χ0v) is 11.6. The molecule has 0 fully saturated rings. The monoisotopic (exact) mass is 222 g/mol. The van der Waals surface area contributed by atoms with Crippen molar-refractivity contribution in [3.05, 3.63) is 28.8 Å². The van der Waals surface area contributed by atoms with Gasteiger partial charge < -0.3 is 4.55 Å². The maximum absolute atomic E-state index is 10.7. The molecule has 0 aromatic heterocycles. The Balaban J connectivity index is 0.00000169. The van der Waals surface area contributed by atoms with E-state index in [2.05, 4.69) is 0 Å². The zero-order chi connectivity index (χ0) is 10.2. The topological polar surface area (TPSA) is 57.2 Å². The first kappa shape index (κ1) is 14.1. The summed E-state index contributed by atoms with van der Waals surface area (Å²) in [4.78, 5) is -0.145. The van der Waals surface area contributed by atoms with Gasteiger partial charge in [-0.05, 0) is 49.6 Å². The fraction of sp³-hybridized carbons (Fsp3) is 0.333. The fourth-order valence-corrected chi connectivity index (χ4v) is 1.78. The summed E-state index contributed by atoms with van der Waals surface area (Å²) in [6.45, 7) is 5.47. The molecule has 0 aliphatic rings. The van der Waals surface area contributed by atoms with Crippen LogP contribution in [0.3, 0.4) is 0 Å². The fourth-order valence-electron chi connectivity index (χ4n) is 1.14. The van der Waals surface area contributed by atoms with Crippen LogP contribution in [0.4, 0.5) is 0 Å². The van der Waals surface area contributed by atoms with E-state index in [1.54, 1.807) is 13.8 Å². The second-order valence-corrected chi connectivity index (χ2v) is 4.52. The molecule has 0 bridgehead atoms. The number of aryl methyl sites for hydroxylation is 2. The van der Waals surface area contributed by atoms with Gasteiger partial charge in [0.1, 0.15) is 10.1 Å². The van der Waals surface area contributed by atoms with Crippen molar-refractivity contribution in [2.45, 2.75) is 25.7 Å². The van der Waals surface area contributed by atoms with E-state index in [0.29, 0.717) is 0 Å². The van der Waals surface area contributed by atoms with E-state index in [9.17, 15) is 13.0 Å². The average Bonchev–Trinajstić information content (AvgIpc) is 1.97. The van der Waals surface area contributed by atoms with Crippen LogP contribution in [0, 0.1) is 20.8 Å². The number of hydrogen-bond acceptors (Lipinski definition) is 3. The van der Waals surface area contributed by atoms with Gasteiger partial charge in [0.15, 0.2) is 0 Å². The maximum Gasteiger partial charge on any atom is 1.00 e. The van der Waals surface area contributed by atoms with Crippen LogP contribution in [0.25, 0.3) is 0 Å². The van der Waals surface area contributed by atoms with Gasteiger partial charge in [-0.3, -0.25) is 0 Å². The number of hydrogen-bond donors (Lipinski definition) is 0. The summed E-state index contributed by atoms with van der Waals surface area (Å²) >= 11 is 0. The standard InChI is InChI=1S/C9H12O3S.Na/c1-6-4-9(13(10,11)12)5-7(2)8(6)3;/h4-5H,1-3H3,(H,10,11,12);/q;+1/p-1. The quantitative estimate of drug-likeness (QED) is 0.430. The predicted octanol–water partition coefficient (Wildman–Crippen LogP) is -1.48. The molecule has 1 aromatic carbocycles. The summed E-state index contributed by atoms with van der Waals surface area (Å²) in [7, 11) is -4.31. The minimum Gasteiger partial charge on any atom is -0.744 e. The van der Waals surface area contributed by atoms with Gasteiger partial charge >= 0.3 is 29.6 Å². The normalized spacial score (nSPS) is 10.9. The van der Waals surface area contributed by atoms with Crippen molar-refractivity contribution in [2.24, 2.45) is 0 Å². The smallest absolute Gasteiger partial charge is 0.744 e. The van der Waals surface area contributed by atoms with Crippen LogP contribution >= 0.6 is 0 Å². The van der Waals surface area contributed by atoms with Gasteiger partial charge in [0.2, 0.25) is 0 Å². The average molecular weight is 222 g/mol. The Morgan fingerprint density at radius 2 is 1.43 bits per heavy atom. The first-order valence-corrected chi connectivity index (χ1v) is 5.27. The predicted molar refractivity (Wildman–Crippen MR) is 48.6 cm³/mol. The van der Waals surface area contributed by atoms with Crippen LogP contribution in [0.2, 0.25) is 0 Å². The Morgan fingerprint density at radius 1 is 1.07 bits per heavy atom. The molecule has 5 heteroatoms. The second kappa shape index (κ2) is 4.77. The third-order valence-corrected chi connectivity index (χ3v) is 3.00. The molecule has 1 aromatic rings. The Kier molecular flexibility index (Phi) is 4.81. The van der Waals surface area contributed by atoms with E-state index in [1.807, 2.05) is 6.92 Å². The summed E-state index contributed by atoms with van der Waals surface area (Å²) < 4.78 is 32.1. The molecular formula is C9H11NaO3S. The van der Waals surface area contributed by atoms with Gasteiger partial charge in [-0.2, -0.15) is 0 Å². The molecule has 72 valence electrons. The molecule has 3 nitrogen and oxygen atoms in total. The molecule has 0 amide bonds. The molecule has 1 rings (SSSR count). The van der Waals surface area contributed by atoms with E-state index >= 15 is 0 Å². The molecule has 0 radical (unpaired) electrons. The van der Waals surface area contributed by atoms with Crippen molar-refractivity contribution in [3.63, 3.8) is 0 Å². The molecular weight excluding hydrogens is 211 g/mol. The first-order valence-electron chi connectivity index (χ1n) is 3.86. The van der Waals surface area contributed by atoms with Crippen molar-refractivity contribution in [2.75, 3.05) is 0 Å². The van der Waals surface area contributed by atoms with E-state index in [-0.39, 0.29) is 34.5 Å². The Labute approximate surface area is 107 Å². The maximum atomic E-state index is 10.7. The summed E-state index contributed by atoms with van der Waals surface area (Å²) in [6.07, 6.45) is 0. The van der Waals surface area contributed by atoms with Gasteiger partial charge in [0.05, 0.1) is 4.90 Å². The molecule has 0 aliphatic carbocycles. The summed E-state index contributed by atoms with van der Waals surface area (Å²) in [6, 6.07) is 2.81. The van der Waals surface area contributed by atoms with Crippen molar-refractivity contribution >= 4 is 10.1 Å². The molecule has 0 saturated heterocycles. The molecule has 0 aliphatic heterocycles. The Morgan fingerprint density at radius 3 is 1.71 bits per heavy atom. The van der Waals surface area contributed by atoms with Crippen LogP contribution in [-0.2, 0) is 10.1 Å². The van der Waals surface area contributed by atoms with E-state index in [1.165, 1.54) is 12.1 Å². The van der Waals surface area contributed by atoms with Gasteiger partial charge in [0, 0.05) is 0 Å². The van der Waals surface area contributed by atoms with Crippen LogP contribution < -0.4 is 29.6 Å². The van der Waals surface area contributed by atoms with Gasteiger partial charge in [-0.15, -0.1) is 0 Å². The second-order valence-electron chi connectivity index (χ2n) is 3.14. The molecule has 0 saturated carbocycles. The minimum atomic E-state index is -4.31. The van der Waals surface area contributed by atoms with Crippen molar-refractivity contribution < 1.29 is 42.5 Å². The van der Waals surface area contributed by atoms with Crippen molar-refractivity contribution in [1.82, 2.24) is 0 Å². The Hall–Kier alpha value is 0.130. The zero-order valence-electron chi connectivity index (χ0n) is 8.79. The van der Waals surface area contributed by atoms with Gasteiger partial charge in [-0.1, -0.05) is 0 Å². The van der Waals surface area contributed by atoms with Crippen LogP contribution in [0.15, 0.2) is 17.0 Å². The summed E-state index contributed by atoms with van der Waals surface area (Å²) in [5.41, 5.74) is 2.68. The van der Waals surface area contributed by atoms with E-state index in [0.717, 1.165) is 16.7 Å². The van der Waals surface area contributed by atoms with Crippen LogP contribution in [0.5, 0.6) is 0 Å². The van der Waals surface area contributed by atoms with Gasteiger partial charge in [0.25, 0.3) is 0 Å². The van der Waals surface area contributed by atoms with Gasteiger partial charge in [-0.25, -0.2) is 8.42 Å². The Bertz CT molecular complexity index is 414. The molecule has 0 atom stereocenters. The number of benzene rings is 1. The van der Waals surface area contributed by atoms with Crippen LogP contribution in [-0.4, -0.2) is 13.0 Å². The molecule has 0 N–H and O–H groups in total. The van der Waals surface area contributed by atoms with Crippen molar-refractivity contribution in [1.29, 1.82) is 0 Å². The molecule has 14 heavy (non-hydrogen) atoms. The van der Waals surface area contributed by atoms with Crippen LogP contribution in [0.1, 0.15) is 16.7 Å². The third kappa shape index (κ3) is 3.07. The largest absolute Gasteiger partial charge is 1.00 e. The first-order chi connectivity index (χ1) is 5.82.